The van der Waals surface area contributed by atoms with Crippen LogP contribution in [-0.2, 0) is 19.1 Å². The van der Waals surface area contributed by atoms with Crippen LogP contribution in [0.2, 0.25) is 0 Å². The molecule has 4 rings (SSSR count). The van der Waals surface area contributed by atoms with E-state index in [1.807, 2.05) is 84.9 Å². The average molecular weight is 947 g/mol. The van der Waals surface area contributed by atoms with Crippen molar-refractivity contribution in [2.24, 2.45) is 0 Å². The van der Waals surface area contributed by atoms with Gasteiger partial charge >= 0.3 is 12.2 Å². The Labute approximate surface area is 402 Å². The Morgan fingerprint density at radius 1 is 0.544 bits per heavy atom. The summed E-state index contributed by atoms with van der Waals surface area (Å²) >= 11 is 0. The highest BCUT2D eigenvalue weighted by molar-refractivity contribution is 5.95. The van der Waals surface area contributed by atoms with Crippen LogP contribution in [0.3, 0.4) is 0 Å². The molecule has 0 aliphatic heterocycles. The van der Waals surface area contributed by atoms with Gasteiger partial charge < -0.3 is 29.2 Å². The largest absolute Gasteiger partial charge is 0.444 e. The van der Waals surface area contributed by atoms with Crippen LogP contribution in [0.4, 0.5) is 9.59 Å². The molecule has 0 spiro atoms. The molecule has 18 heteroatoms. The smallest absolute Gasteiger partial charge is 0.410 e. The van der Waals surface area contributed by atoms with Gasteiger partial charge in [0.25, 0.3) is 5.91 Å². The highest BCUT2D eigenvalue weighted by Crippen LogP contribution is 2.16. The summed E-state index contributed by atoms with van der Waals surface area (Å²) in [4.78, 5) is 87.8. The van der Waals surface area contributed by atoms with Crippen LogP contribution >= 0.6 is 0 Å². The van der Waals surface area contributed by atoms with Crippen molar-refractivity contribution in [3.8, 4) is 0 Å². The number of ether oxygens (including phenoxy) is 2. The van der Waals surface area contributed by atoms with E-state index in [0.717, 1.165) is 27.8 Å². The average Bonchev–Trinajstić information content (AvgIpc) is 3.27. The topological polar surface area (TPSA) is 207 Å². The summed E-state index contributed by atoms with van der Waals surface area (Å²) in [6, 6.07) is 21.6. The zero-order chi connectivity index (χ0) is 51.8. The molecule has 0 aromatic carbocycles. The van der Waals surface area contributed by atoms with E-state index in [4.69, 9.17) is 19.1 Å². The Balaban J connectivity index is 0.000000460. The zero-order valence-electron chi connectivity index (χ0n) is 42.9. The molecule has 0 aliphatic carbocycles. The van der Waals surface area contributed by atoms with Gasteiger partial charge in [-0.3, -0.25) is 34.2 Å². The predicted octanol–water partition coefficient (Wildman–Crippen LogP) is 7.99. The number of aryl methyl sites for hydroxylation is 4. The predicted molar refractivity (Wildman–Crippen MR) is 260 cm³/mol. The summed E-state index contributed by atoms with van der Waals surface area (Å²) < 4.78 is 10.5. The SMILES string of the molecule is CON(C)C(=O)c1cccc(C)n1.CON(C)CCC(=O)c1cccc(C)n1.Cc1cccc(C(=O)CCN(C)C(=O)OC(C)(C)C)n1.Cc1cccc(C(O)CCN(C)C(=O)OC(C)(C)C)n1. The third kappa shape index (κ3) is 25.1. The summed E-state index contributed by atoms with van der Waals surface area (Å²) in [5.41, 5.74) is 4.28. The quantitative estimate of drug-likeness (QED) is 0.0885. The van der Waals surface area contributed by atoms with Crippen molar-refractivity contribution >= 4 is 29.7 Å². The third-order valence-corrected chi connectivity index (χ3v) is 9.05. The molecule has 4 aromatic rings. The molecule has 0 saturated carbocycles. The second-order valence-electron chi connectivity index (χ2n) is 17.7. The van der Waals surface area contributed by atoms with Gasteiger partial charge in [0.1, 0.15) is 28.3 Å². The zero-order valence-corrected chi connectivity index (χ0v) is 42.9. The first-order valence-corrected chi connectivity index (χ1v) is 22.1. The number of hydrogen-bond acceptors (Lipinski definition) is 15. The number of Topliss-reactive ketones (excluding diaryl/α,β-unsaturated/α-hetero) is 2. The fraction of sp³-hybridized carbons (Fsp3) is 0.500. The van der Waals surface area contributed by atoms with Gasteiger partial charge in [0.15, 0.2) is 11.6 Å². The van der Waals surface area contributed by atoms with Gasteiger partial charge in [-0.25, -0.2) is 19.6 Å². The molecule has 0 bridgehead atoms. The second kappa shape index (κ2) is 29.5. The molecule has 374 valence electrons. The van der Waals surface area contributed by atoms with E-state index < -0.39 is 23.4 Å². The second-order valence-corrected chi connectivity index (χ2v) is 17.7. The molecule has 1 unspecified atom stereocenters. The molecule has 0 saturated heterocycles. The van der Waals surface area contributed by atoms with Gasteiger partial charge in [-0.15, -0.1) is 0 Å². The summed E-state index contributed by atoms with van der Waals surface area (Å²) in [5.74, 6) is -0.280. The van der Waals surface area contributed by atoms with Crippen molar-refractivity contribution in [3.05, 3.63) is 118 Å². The van der Waals surface area contributed by atoms with Crippen LogP contribution in [0.5, 0.6) is 0 Å². The van der Waals surface area contributed by atoms with Crippen molar-refractivity contribution < 1.29 is 48.2 Å². The number of aliphatic hydroxyl groups excluding tert-OH is 1. The molecule has 0 aliphatic rings. The molecule has 4 heterocycles. The lowest BCUT2D eigenvalue weighted by Gasteiger charge is -2.25. The number of nitrogens with zero attached hydrogens (tertiary/aromatic N) is 8. The first-order chi connectivity index (χ1) is 31.7. The number of aromatic nitrogens is 4. The Morgan fingerprint density at radius 3 is 1.32 bits per heavy atom. The lowest BCUT2D eigenvalue weighted by molar-refractivity contribution is -0.107. The summed E-state index contributed by atoms with van der Waals surface area (Å²) in [6.45, 7) is 19.6. The van der Waals surface area contributed by atoms with Crippen molar-refractivity contribution in [2.75, 3.05) is 62.0 Å². The molecule has 1 atom stereocenters. The molecule has 1 N–H and O–H groups in total. The van der Waals surface area contributed by atoms with Crippen LogP contribution in [0.25, 0.3) is 0 Å². The first-order valence-electron chi connectivity index (χ1n) is 22.1. The van der Waals surface area contributed by atoms with E-state index in [0.29, 0.717) is 55.3 Å². The number of carbonyl (C=O) groups excluding carboxylic acids is 5. The number of aliphatic hydroxyl groups is 1. The number of ketones is 2. The van der Waals surface area contributed by atoms with Gasteiger partial charge in [0.2, 0.25) is 0 Å². The molecular formula is C50H74N8O10. The lowest BCUT2D eigenvalue weighted by Crippen LogP contribution is -2.35. The standard InChI is InChI=1S/C15H24N2O3.C15H22N2O3.C11H16N2O2.C9H12N2O2/c2*1-11-7-6-8-12(16-11)13(18)9-10-17(5)14(19)20-15(2,3)4;1-9-5-4-6-10(12-9)11(14)7-8-13(2)15-3;1-7-5-4-6-8(10-7)9(12)11(2)13-3/h6-8,13,18H,9-10H2,1-5H3;6-8H,9-10H2,1-5H3;4-6H,7-8H2,1-3H3;4-6H,1-3H3. The first kappa shape index (κ1) is 59.8. The van der Waals surface area contributed by atoms with Gasteiger partial charge in [-0.2, -0.15) is 5.06 Å². The number of hydrogen-bond donors (Lipinski definition) is 1. The molecule has 0 radical (unpaired) electrons. The Hall–Kier alpha value is -6.21. The number of carbonyl (C=O) groups is 5. The van der Waals surface area contributed by atoms with Crippen LogP contribution < -0.4 is 0 Å². The summed E-state index contributed by atoms with van der Waals surface area (Å²) in [5, 5.41) is 12.8. The minimum absolute atomic E-state index is 0.0441. The molecule has 18 nitrogen and oxygen atoms in total. The number of amides is 3. The molecule has 68 heavy (non-hydrogen) atoms. The normalized spacial score (nSPS) is 11.3. The maximum absolute atomic E-state index is 12.0. The van der Waals surface area contributed by atoms with Gasteiger partial charge in [-0.1, -0.05) is 24.3 Å². The molecule has 0 fully saturated rings. The fourth-order valence-electron chi connectivity index (χ4n) is 5.25. The van der Waals surface area contributed by atoms with Gasteiger partial charge in [-0.05, 0) is 124 Å². The molecule has 4 aromatic heterocycles. The van der Waals surface area contributed by atoms with Crippen LogP contribution in [-0.4, -0.2) is 148 Å². The minimum atomic E-state index is -0.681. The van der Waals surface area contributed by atoms with E-state index in [-0.39, 0.29) is 30.0 Å². The molecule has 3 amide bonds. The van der Waals surface area contributed by atoms with Crippen molar-refractivity contribution in [3.63, 3.8) is 0 Å². The maximum atomic E-state index is 12.0. The summed E-state index contributed by atoms with van der Waals surface area (Å²) in [6.07, 6.45) is -0.427. The van der Waals surface area contributed by atoms with Gasteiger partial charge in [0, 0.05) is 83.4 Å². The van der Waals surface area contributed by atoms with Crippen molar-refractivity contribution in [2.45, 2.75) is 106 Å². The number of hydroxylamine groups is 4. The monoisotopic (exact) mass is 947 g/mol. The lowest BCUT2D eigenvalue weighted by atomic mass is 10.1. The van der Waals surface area contributed by atoms with E-state index in [9.17, 15) is 29.1 Å². The van der Waals surface area contributed by atoms with Crippen molar-refractivity contribution in [1.82, 2.24) is 39.9 Å². The minimum Gasteiger partial charge on any atom is -0.444 e. The van der Waals surface area contributed by atoms with E-state index in [1.54, 1.807) is 97.5 Å². The highest BCUT2D eigenvalue weighted by atomic mass is 16.7. The highest BCUT2D eigenvalue weighted by Gasteiger charge is 2.22. The van der Waals surface area contributed by atoms with Crippen LogP contribution in [0.1, 0.15) is 127 Å². The Kier molecular flexibility index (Phi) is 26.0. The van der Waals surface area contributed by atoms with Crippen LogP contribution in [0, 0.1) is 27.7 Å². The summed E-state index contributed by atoms with van der Waals surface area (Å²) in [7, 11) is 9.63. The number of rotatable bonds is 15. The van der Waals surface area contributed by atoms with Gasteiger partial charge in [0.05, 0.1) is 26.0 Å². The fourth-order valence-corrected chi connectivity index (χ4v) is 5.25. The van der Waals surface area contributed by atoms with E-state index >= 15 is 0 Å². The Morgan fingerprint density at radius 2 is 0.926 bits per heavy atom. The maximum Gasteiger partial charge on any atom is 0.410 e. The third-order valence-electron chi connectivity index (χ3n) is 9.05. The number of pyridine rings is 4. The van der Waals surface area contributed by atoms with E-state index in [2.05, 4.69) is 19.9 Å². The van der Waals surface area contributed by atoms with Crippen molar-refractivity contribution in [1.29, 1.82) is 0 Å². The molecular weight excluding hydrogens is 873 g/mol. The Bertz CT molecular complexity index is 2210. The van der Waals surface area contributed by atoms with E-state index in [1.165, 1.54) is 16.9 Å². The van der Waals surface area contributed by atoms with Crippen LogP contribution in [0.15, 0.2) is 72.8 Å².